The molecule has 0 bridgehead atoms. The Labute approximate surface area is 171 Å². The van der Waals surface area contributed by atoms with E-state index in [9.17, 15) is 13.2 Å². The van der Waals surface area contributed by atoms with Gasteiger partial charge in [-0.1, -0.05) is 51.1 Å². The number of benzene rings is 3. The summed E-state index contributed by atoms with van der Waals surface area (Å²) in [4.78, 5) is 14.6. The van der Waals surface area contributed by atoms with E-state index in [0.717, 1.165) is 22.0 Å². The fourth-order valence-electron chi connectivity index (χ4n) is 3.97. The van der Waals surface area contributed by atoms with Crippen molar-refractivity contribution in [2.45, 2.75) is 38.0 Å². The van der Waals surface area contributed by atoms with Crippen LogP contribution in [0.3, 0.4) is 0 Å². The molecule has 0 saturated heterocycles. The Morgan fingerprint density at radius 2 is 1.69 bits per heavy atom. The van der Waals surface area contributed by atoms with Crippen LogP contribution in [0.25, 0.3) is 10.8 Å². The minimum Gasteiger partial charge on any atom is -0.308 e. The molecule has 0 spiro atoms. The zero-order chi connectivity index (χ0) is 21.0. The smallest absolute Gasteiger partial charge is 0.262 e. The third kappa shape index (κ3) is 3.08. The monoisotopic (exact) mass is 408 g/mol. The number of anilines is 2. The van der Waals surface area contributed by atoms with Crippen LogP contribution in [0.5, 0.6) is 0 Å². The highest BCUT2D eigenvalue weighted by atomic mass is 32.2. The molecule has 6 heteroatoms. The van der Waals surface area contributed by atoms with Gasteiger partial charge >= 0.3 is 0 Å². The molecular weight excluding hydrogens is 384 g/mol. The van der Waals surface area contributed by atoms with Crippen LogP contribution in [0.15, 0.2) is 59.5 Å². The Hall–Kier alpha value is -2.86. The van der Waals surface area contributed by atoms with Gasteiger partial charge in [-0.05, 0) is 42.2 Å². The van der Waals surface area contributed by atoms with Gasteiger partial charge in [-0.25, -0.2) is 8.42 Å². The van der Waals surface area contributed by atoms with Crippen molar-refractivity contribution in [2.24, 2.45) is 0 Å². The van der Waals surface area contributed by atoms with Crippen molar-refractivity contribution < 1.29 is 13.2 Å². The van der Waals surface area contributed by atoms with Crippen molar-refractivity contribution in [1.29, 1.82) is 0 Å². The zero-order valence-electron chi connectivity index (χ0n) is 17.0. The first-order valence-electron chi connectivity index (χ1n) is 9.65. The van der Waals surface area contributed by atoms with E-state index in [1.54, 1.807) is 35.2 Å². The molecule has 3 aromatic carbocycles. The van der Waals surface area contributed by atoms with Gasteiger partial charge in [0.2, 0.25) is 0 Å². The van der Waals surface area contributed by atoms with Gasteiger partial charge in [0, 0.05) is 22.9 Å². The second-order valence-corrected chi connectivity index (χ2v) is 9.91. The normalized spacial score (nSPS) is 13.9. The summed E-state index contributed by atoms with van der Waals surface area (Å²) in [5.41, 5.74) is 2.34. The molecule has 0 fully saturated rings. The maximum absolute atomic E-state index is 13.3. The van der Waals surface area contributed by atoms with Crippen molar-refractivity contribution in [3.63, 3.8) is 0 Å². The van der Waals surface area contributed by atoms with E-state index >= 15 is 0 Å². The number of nitrogens with one attached hydrogen (secondary N) is 1. The van der Waals surface area contributed by atoms with Gasteiger partial charge in [-0.2, -0.15) is 0 Å². The molecule has 0 aromatic heterocycles. The number of hydrogen-bond acceptors (Lipinski definition) is 3. The number of hydrogen-bond donors (Lipinski definition) is 1. The summed E-state index contributed by atoms with van der Waals surface area (Å²) in [5, 5.41) is 1.52. The highest BCUT2D eigenvalue weighted by Gasteiger charge is 2.31. The average Bonchev–Trinajstić information content (AvgIpc) is 2.96. The maximum atomic E-state index is 13.3. The Morgan fingerprint density at radius 3 is 2.38 bits per heavy atom. The Bertz CT molecular complexity index is 1240. The lowest BCUT2D eigenvalue weighted by Crippen LogP contribution is -2.25. The highest BCUT2D eigenvalue weighted by Crippen LogP contribution is 2.41. The molecule has 1 aliphatic heterocycles. The van der Waals surface area contributed by atoms with Gasteiger partial charge in [-0.3, -0.25) is 9.52 Å². The van der Waals surface area contributed by atoms with Gasteiger partial charge < -0.3 is 4.90 Å². The van der Waals surface area contributed by atoms with Crippen LogP contribution in [0.4, 0.5) is 11.4 Å². The molecule has 0 unspecified atom stereocenters. The van der Waals surface area contributed by atoms with Crippen LogP contribution in [0, 0.1) is 0 Å². The molecule has 1 N–H and O–H groups in total. The first-order valence-corrected chi connectivity index (χ1v) is 11.1. The predicted molar refractivity (Wildman–Crippen MR) is 117 cm³/mol. The first-order chi connectivity index (χ1) is 13.6. The fourth-order valence-corrected chi connectivity index (χ4v) is 5.47. The highest BCUT2D eigenvalue weighted by molar-refractivity contribution is 7.92. The van der Waals surface area contributed by atoms with Gasteiger partial charge in [0.05, 0.1) is 16.3 Å². The van der Waals surface area contributed by atoms with Crippen LogP contribution in [0.2, 0.25) is 0 Å². The van der Waals surface area contributed by atoms with Crippen molar-refractivity contribution in [3.8, 4) is 0 Å². The number of carbonyl (C=O) groups excluding carboxylic acids is 1. The molecular formula is C23H24N2O3S. The Morgan fingerprint density at radius 1 is 0.966 bits per heavy atom. The van der Waals surface area contributed by atoms with Crippen LogP contribution in [-0.4, -0.2) is 20.9 Å². The SMILES string of the molecule is CCN1C(=O)c2cccc3c(NS(=O)(=O)c4ccccc4C(C)(C)C)ccc1c23. The Kier molecular flexibility index (Phi) is 4.42. The molecule has 0 saturated carbocycles. The van der Waals surface area contributed by atoms with E-state index in [2.05, 4.69) is 4.72 Å². The molecule has 4 rings (SSSR count). The second-order valence-electron chi connectivity index (χ2n) is 8.26. The molecule has 0 radical (unpaired) electrons. The molecule has 1 heterocycles. The summed E-state index contributed by atoms with van der Waals surface area (Å²) in [5.74, 6) is -0.0498. The molecule has 0 atom stereocenters. The predicted octanol–water partition coefficient (Wildman–Crippen LogP) is 4.92. The average molecular weight is 409 g/mol. The number of nitrogens with zero attached hydrogens (tertiary/aromatic N) is 1. The molecule has 1 aliphatic rings. The number of amides is 1. The molecule has 3 aromatic rings. The van der Waals surface area contributed by atoms with Gasteiger partial charge in [0.25, 0.3) is 15.9 Å². The summed E-state index contributed by atoms with van der Waals surface area (Å²) >= 11 is 0. The van der Waals surface area contributed by atoms with Gasteiger partial charge in [0.1, 0.15) is 0 Å². The van der Waals surface area contributed by atoms with Gasteiger partial charge in [-0.15, -0.1) is 0 Å². The maximum Gasteiger partial charge on any atom is 0.262 e. The third-order valence-corrected chi connectivity index (χ3v) is 6.75. The topological polar surface area (TPSA) is 66.5 Å². The van der Waals surface area contributed by atoms with E-state index in [0.29, 0.717) is 17.8 Å². The largest absolute Gasteiger partial charge is 0.308 e. The Balaban J connectivity index is 1.85. The first kappa shape index (κ1) is 19.5. The molecule has 5 nitrogen and oxygen atoms in total. The summed E-state index contributed by atoms with van der Waals surface area (Å²) in [6, 6.07) is 16.0. The molecule has 150 valence electrons. The van der Waals surface area contributed by atoms with Crippen molar-refractivity contribution in [3.05, 3.63) is 65.7 Å². The lowest BCUT2D eigenvalue weighted by atomic mass is 9.87. The van der Waals surface area contributed by atoms with Crippen molar-refractivity contribution in [2.75, 3.05) is 16.2 Å². The number of sulfonamides is 1. The lowest BCUT2D eigenvalue weighted by Gasteiger charge is -2.23. The number of rotatable bonds is 4. The van der Waals surface area contributed by atoms with Crippen LogP contribution in [-0.2, 0) is 15.4 Å². The summed E-state index contributed by atoms with van der Waals surface area (Å²) < 4.78 is 29.4. The van der Waals surface area contributed by atoms with E-state index < -0.39 is 10.0 Å². The third-order valence-electron chi connectivity index (χ3n) is 5.33. The van der Waals surface area contributed by atoms with Gasteiger partial charge in [0.15, 0.2) is 0 Å². The summed E-state index contributed by atoms with van der Waals surface area (Å²) in [6.07, 6.45) is 0. The van der Waals surface area contributed by atoms with Crippen molar-refractivity contribution >= 4 is 38.1 Å². The zero-order valence-corrected chi connectivity index (χ0v) is 17.8. The van der Waals surface area contributed by atoms with E-state index in [-0.39, 0.29) is 16.2 Å². The molecule has 0 aliphatic carbocycles. The minimum absolute atomic E-state index is 0.0498. The van der Waals surface area contributed by atoms with Crippen molar-refractivity contribution in [1.82, 2.24) is 0 Å². The summed E-state index contributed by atoms with van der Waals surface area (Å²) in [6.45, 7) is 8.46. The lowest BCUT2D eigenvalue weighted by molar-refractivity contribution is 0.0994. The molecule has 29 heavy (non-hydrogen) atoms. The van der Waals surface area contributed by atoms with E-state index in [1.807, 2.05) is 52.0 Å². The van der Waals surface area contributed by atoms with E-state index in [1.165, 1.54) is 0 Å². The second kappa shape index (κ2) is 6.59. The molecule has 1 amide bonds. The van der Waals surface area contributed by atoms with Crippen LogP contribution in [0.1, 0.15) is 43.6 Å². The minimum atomic E-state index is -3.81. The number of carbonyl (C=O) groups is 1. The summed E-state index contributed by atoms with van der Waals surface area (Å²) in [7, 11) is -3.81. The fraction of sp³-hybridized carbons (Fsp3) is 0.261. The van der Waals surface area contributed by atoms with Crippen LogP contribution < -0.4 is 9.62 Å². The standard InChI is InChI=1S/C23H24N2O3S/c1-5-25-19-14-13-18(15-9-8-10-16(21(15)19)22(25)26)24-29(27,28)20-12-7-6-11-17(20)23(2,3)4/h6-14,24H,5H2,1-4H3. The van der Waals surface area contributed by atoms with Crippen LogP contribution >= 0.6 is 0 Å². The quantitative estimate of drug-likeness (QED) is 0.666. The van der Waals surface area contributed by atoms with E-state index in [4.69, 9.17) is 0 Å².